The van der Waals surface area contributed by atoms with Crippen LogP contribution in [0, 0.1) is 0 Å². The molecule has 0 fully saturated rings. The van der Waals surface area contributed by atoms with Crippen LogP contribution in [0.5, 0.6) is 5.75 Å². The Labute approximate surface area is 97.8 Å². The van der Waals surface area contributed by atoms with E-state index >= 15 is 0 Å². The zero-order chi connectivity index (χ0) is 12.7. The minimum Gasteiger partial charge on any atom is -0.485 e. The van der Waals surface area contributed by atoms with E-state index in [9.17, 15) is 13.6 Å². The maximum Gasteiger partial charge on any atom is 0.272 e. The normalized spacial score (nSPS) is 10.4. The fourth-order valence-corrected chi connectivity index (χ4v) is 1.19. The number of anilines is 1. The number of halogens is 2. The summed E-state index contributed by atoms with van der Waals surface area (Å²) >= 11 is 0. The summed E-state index contributed by atoms with van der Waals surface area (Å²) in [5, 5.41) is 2.55. The van der Waals surface area contributed by atoms with E-state index in [0.29, 0.717) is 5.69 Å². The molecular weight excluding hydrogens is 230 g/mol. The lowest BCUT2D eigenvalue weighted by molar-refractivity contribution is -0.116. The molecule has 0 saturated heterocycles. The van der Waals surface area contributed by atoms with Crippen molar-refractivity contribution in [3.05, 3.63) is 24.3 Å². The first-order valence-corrected chi connectivity index (χ1v) is 5.13. The number of nitrogens with two attached hydrogens (primary N) is 1. The molecule has 1 amide bonds. The van der Waals surface area contributed by atoms with Crippen molar-refractivity contribution < 1.29 is 18.3 Å². The molecule has 0 saturated carbocycles. The topological polar surface area (TPSA) is 64.4 Å². The van der Waals surface area contributed by atoms with Gasteiger partial charge in [0.1, 0.15) is 12.4 Å². The molecule has 0 aliphatic carbocycles. The van der Waals surface area contributed by atoms with Crippen molar-refractivity contribution in [1.29, 1.82) is 0 Å². The number of carbonyl (C=O) groups is 1. The fourth-order valence-electron chi connectivity index (χ4n) is 1.19. The van der Waals surface area contributed by atoms with Gasteiger partial charge in [-0.15, -0.1) is 0 Å². The van der Waals surface area contributed by atoms with Crippen LogP contribution in [0.1, 0.15) is 6.42 Å². The Morgan fingerprint density at radius 3 is 2.76 bits per heavy atom. The third-order valence-corrected chi connectivity index (χ3v) is 1.90. The lowest BCUT2D eigenvalue weighted by atomic mass is 10.3. The van der Waals surface area contributed by atoms with Crippen molar-refractivity contribution in [3.8, 4) is 5.75 Å². The minimum absolute atomic E-state index is 0.170. The number of nitrogens with one attached hydrogen (secondary N) is 1. The molecule has 1 rings (SSSR count). The van der Waals surface area contributed by atoms with Gasteiger partial charge in [-0.25, -0.2) is 8.78 Å². The molecule has 1 aromatic rings. The average Bonchev–Trinajstić information content (AvgIpc) is 2.28. The minimum atomic E-state index is -2.55. The Hall–Kier alpha value is -1.69. The van der Waals surface area contributed by atoms with Gasteiger partial charge in [-0.2, -0.15) is 0 Å². The van der Waals surface area contributed by atoms with Gasteiger partial charge in [0.25, 0.3) is 6.43 Å². The number of ether oxygens (including phenoxy) is 1. The summed E-state index contributed by atoms with van der Waals surface area (Å²) in [7, 11) is 0. The fraction of sp³-hybridized carbons (Fsp3) is 0.364. The zero-order valence-electron chi connectivity index (χ0n) is 9.16. The Balaban J connectivity index is 2.67. The molecule has 0 radical (unpaired) electrons. The maximum atomic E-state index is 12.0. The number of carbonyl (C=O) groups excluding carboxylic acids is 1. The van der Waals surface area contributed by atoms with Crippen molar-refractivity contribution in [3.63, 3.8) is 0 Å². The second-order valence-electron chi connectivity index (χ2n) is 3.29. The molecule has 4 nitrogen and oxygen atoms in total. The van der Waals surface area contributed by atoms with Gasteiger partial charge in [0.15, 0.2) is 0 Å². The maximum absolute atomic E-state index is 12.0. The first kappa shape index (κ1) is 13.4. The molecule has 94 valence electrons. The summed E-state index contributed by atoms with van der Waals surface area (Å²) in [5.41, 5.74) is 5.60. The van der Waals surface area contributed by atoms with Gasteiger partial charge < -0.3 is 15.8 Å². The van der Waals surface area contributed by atoms with Crippen LogP contribution >= 0.6 is 0 Å². The van der Waals surface area contributed by atoms with E-state index < -0.39 is 13.0 Å². The van der Waals surface area contributed by atoms with Gasteiger partial charge >= 0.3 is 0 Å². The van der Waals surface area contributed by atoms with E-state index in [0.717, 1.165) is 0 Å². The predicted molar refractivity (Wildman–Crippen MR) is 60.2 cm³/mol. The highest BCUT2D eigenvalue weighted by molar-refractivity contribution is 5.92. The number of hydrogen-bond acceptors (Lipinski definition) is 3. The van der Waals surface area contributed by atoms with Crippen molar-refractivity contribution in [2.24, 2.45) is 5.73 Å². The van der Waals surface area contributed by atoms with Crippen LogP contribution in [0.4, 0.5) is 14.5 Å². The van der Waals surface area contributed by atoms with Crippen LogP contribution in [-0.2, 0) is 4.79 Å². The molecule has 1 aromatic carbocycles. The van der Waals surface area contributed by atoms with E-state index in [4.69, 9.17) is 10.5 Å². The summed E-state index contributed by atoms with van der Waals surface area (Å²) in [6, 6.07) is 6.41. The molecular formula is C11H14F2N2O2. The number of hydrogen-bond donors (Lipinski definition) is 2. The molecule has 17 heavy (non-hydrogen) atoms. The van der Waals surface area contributed by atoms with Crippen LogP contribution in [0.25, 0.3) is 0 Å². The summed E-state index contributed by atoms with van der Waals surface area (Å²) in [6.45, 7) is -0.477. The highest BCUT2D eigenvalue weighted by atomic mass is 19.3. The summed E-state index contributed by atoms with van der Waals surface area (Å²) in [6.07, 6.45) is -2.38. The van der Waals surface area contributed by atoms with Gasteiger partial charge in [0.05, 0.1) is 5.69 Å². The molecule has 0 aliphatic heterocycles. The number of para-hydroxylation sites is 2. The molecule has 0 unspecified atom stereocenters. The van der Waals surface area contributed by atoms with Crippen molar-refractivity contribution in [1.82, 2.24) is 0 Å². The van der Waals surface area contributed by atoms with E-state index in [1.54, 1.807) is 18.2 Å². The van der Waals surface area contributed by atoms with Gasteiger partial charge in [-0.3, -0.25) is 4.79 Å². The van der Waals surface area contributed by atoms with Gasteiger partial charge in [0.2, 0.25) is 5.91 Å². The second kappa shape index (κ2) is 6.80. The second-order valence-corrected chi connectivity index (χ2v) is 3.29. The van der Waals surface area contributed by atoms with E-state index in [-0.39, 0.29) is 24.6 Å². The predicted octanol–water partition coefficient (Wildman–Crippen LogP) is 1.62. The largest absolute Gasteiger partial charge is 0.485 e. The Morgan fingerprint density at radius 1 is 1.41 bits per heavy atom. The van der Waals surface area contributed by atoms with E-state index in [2.05, 4.69) is 5.32 Å². The number of benzene rings is 1. The van der Waals surface area contributed by atoms with Gasteiger partial charge in [-0.1, -0.05) is 12.1 Å². The van der Waals surface area contributed by atoms with Gasteiger partial charge in [0, 0.05) is 13.0 Å². The molecule has 0 atom stereocenters. The van der Waals surface area contributed by atoms with Crippen molar-refractivity contribution in [2.45, 2.75) is 12.8 Å². The average molecular weight is 244 g/mol. The number of rotatable bonds is 6. The zero-order valence-corrected chi connectivity index (χ0v) is 9.16. The third-order valence-electron chi connectivity index (χ3n) is 1.90. The monoisotopic (exact) mass is 244 g/mol. The highest BCUT2D eigenvalue weighted by Gasteiger charge is 2.09. The SMILES string of the molecule is NCCC(=O)Nc1ccccc1OCC(F)F. The van der Waals surface area contributed by atoms with Crippen LogP contribution in [-0.4, -0.2) is 25.5 Å². The summed E-state index contributed by atoms with van der Waals surface area (Å²) in [5.74, 6) is -0.0567. The number of alkyl halides is 2. The van der Waals surface area contributed by atoms with Crippen LogP contribution in [0.2, 0.25) is 0 Å². The summed E-state index contributed by atoms with van der Waals surface area (Å²) in [4.78, 5) is 11.3. The highest BCUT2D eigenvalue weighted by Crippen LogP contribution is 2.24. The molecule has 0 aliphatic rings. The Kier molecular flexibility index (Phi) is 5.35. The van der Waals surface area contributed by atoms with Crippen LogP contribution in [0.15, 0.2) is 24.3 Å². The molecule has 0 heterocycles. The standard InChI is InChI=1S/C11H14F2N2O2/c12-10(13)7-17-9-4-2-1-3-8(9)15-11(16)5-6-14/h1-4,10H,5-7,14H2,(H,15,16). The van der Waals surface area contributed by atoms with Crippen LogP contribution in [0.3, 0.4) is 0 Å². The first-order chi connectivity index (χ1) is 8.13. The molecule has 3 N–H and O–H groups in total. The lowest BCUT2D eigenvalue weighted by Crippen LogP contribution is -2.17. The molecule has 0 bridgehead atoms. The van der Waals surface area contributed by atoms with Crippen molar-refractivity contribution >= 4 is 11.6 Å². The van der Waals surface area contributed by atoms with E-state index in [1.807, 2.05) is 0 Å². The molecule has 0 aromatic heterocycles. The van der Waals surface area contributed by atoms with Crippen molar-refractivity contribution in [2.75, 3.05) is 18.5 Å². The third kappa shape index (κ3) is 4.78. The number of amides is 1. The molecule has 6 heteroatoms. The Bertz CT molecular complexity index is 372. The first-order valence-electron chi connectivity index (χ1n) is 5.13. The summed E-state index contributed by atoms with van der Waals surface area (Å²) < 4.78 is 28.9. The van der Waals surface area contributed by atoms with E-state index in [1.165, 1.54) is 6.07 Å². The smallest absolute Gasteiger partial charge is 0.272 e. The lowest BCUT2D eigenvalue weighted by Gasteiger charge is -2.11. The Morgan fingerprint density at radius 2 is 2.12 bits per heavy atom. The van der Waals surface area contributed by atoms with Crippen LogP contribution < -0.4 is 15.8 Å². The quantitative estimate of drug-likeness (QED) is 0.799. The van der Waals surface area contributed by atoms with Gasteiger partial charge in [-0.05, 0) is 12.1 Å². The molecule has 0 spiro atoms.